The molecule has 1 aromatic carbocycles. The van der Waals surface area contributed by atoms with E-state index in [0.717, 1.165) is 18.8 Å². The summed E-state index contributed by atoms with van der Waals surface area (Å²) in [6.07, 6.45) is 4.20. The zero-order valence-corrected chi connectivity index (χ0v) is 14.8. The van der Waals surface area contributed by atoms with Gasteiger partial charge in [0.2, 0.25) is 5.91 Å². The predicted octanol–water partition coefficient (Wildman–Crippen LogP) is 4.08. The Morgan fingerprint density at radius 2 is 1.88 bits per heavy atom. The lowest BCUT2D eigenvalue weighted by molar-refractivity contribution is -0.120. The van der Waals surface area contributed by atoms with Gasteiger partial charge in [0, 0.05) is 16.6 Å². The van der Waals surface area contributed by atoms with E-state index in [4.69, 9.17) is 27.6 Å². The van der Waals surface area contributed by atoms with Crippen LogP contribution in [0.5, 0.6) is 0 Å². The summed E-state index contributed by atoms with van der Waals surface area (Å²) in [7, 11) is 0. The summed E-state index contributed by atoms with van der Waals surface area (Å²) >= 11 is 12.3. The van der Waals surface area contributed by atoms with Crippen molar-refractivity contribution in [1.29, 1.82) is 0 Å². The molecule has 6 heteroatoms. The molecule has 2 aromatic rings. The molecule has 3 rings (SSSR count). The Morgan fingerprint density at radius 3 is 2.50 bits per heavy atom. The van der Waals surface area contributed by atoms with Crippen LogP contribution in [0.2, 0.25) is 10.0 Å². The van der Waals surface area contributed by atoms with Crippen LogP contribution in [-0.2, 0) is 11.2 Å². The van der Waals surface area contributed by atoms with Crippen molar-refractivity contribution in [2.45, 2.75) is 25.3 Å². The molecule has 0 saturated carbocycles. The van der Waals surface area contributed by atoms with E-state index in [-0.39, 0.29) is 18.4 Å². The van der Waals surface area contributed by atoms with Crippen LogP contribution in [0, 0.1) is 0 Å². The molecular weight excluding hydrogens is 347 g/mol. The molecule has 1 aromatic heterocycles. The number of benzene rings is 1. The van der Waals surface area contributed by atoms with Crippen LogP contribution in [0.25, 0.3) is 0 Å². The lowest BCUT2D eigenvalue weighted by Crippen LogP contribution is -2.37. The van der Waals surface area contributed by atoms with E-state index < -0.39 is 0 Å². The number of amides is 1. The molecule has 0 radical (unpaired) electrons. The molecule has 1 saturated heterocycles. The minimum Gasteiger partial charge on any atom is -0.468 e. The molecule has 4 nitrogen and oxygen atoms in total. The third-order valence-corrected chi connectivity index (χ3v) is 5.05. The predicted molar refractivity (Wildman–Crippen MR) is 95.4 cm³/mol. The normalized spacial score (nSPS) is 16.2. The number of nitrogens with zero attached hydrogens (tertiary/aromatic N) is 1. The third-order valence-electron chi connectivity index (χ3n) is 4.34. The topological polar surface area (TPSA) is 45.5 Å². The van der Waals surface area contributed by atoms with Gasteiger partial charge in [0.1, 0.15) is 5.76 Å². The van der Waals surface area contributed by atoms with Crippen LogP contribution >= 0.6 is 23.2 Å². The molecule has 1 amide bonds. The SMILES string of the molecule is O=C(Cc1c(Cl)cccc1Cl)NC[C@H](c1ccco1)N1CCCC1. The first-order valence-electron chi connectivity index (χ1n) is 8.12. The van der Waals surface area contributed by atoms with Crippen molar-refractivity contribution < 1.29 is 9.21 Å². The van der Waals surface area contributed by atoms with Crippen molar-refractivity contribution in [3.8, 4) is 0 Å². The van der Waals surface area contributed by atoms with E-state index in [1.807, 2.05) is 12.1 Å². The quantitative estimate of drug-likeness (QED) is 0.837. The molecule has 0 spiro atoms. The Labute approximate surface area is 151 Å². The summed E-state index contributed by atoms with van der Waals surface area (Å²) in [6, 6.07) is 9.15. The minimum absolute atomic E-state index is 0.0631. The summed E-state index contributed by atoms with van der Waals surface area (Å²) in [6.45, 7) is 2.56. The highest BCUT2D eigenvalue weighted by Crippen LogP contribution is 2.26. The van der Waals surface area contributed by atoms with E-state index in [9.17, 15) is 4.79 Å². The van der Waals surface area contributed by atoms with Gasteiger partial charge in [-0.25, -0.2) is 0 Å². The summed E-state index contributed by atoms with van der Waals surface area (Å²) in [5, 5.41) is 4.02. The van der Waals surface area contributed by atoms with Crippen LogP contribution in [0.1, 0.15) is 30.2 Å². The second-order valence-corrected chi connectivity index (χ2v) is 6.77. The molecule has 1 atom stereocenters. The Kier molecular flexibility index (Phi) is 5.82. The number of carbonyl (C=O) groups excluding carboxylic acids is 1. The number of halogens is 2. The van der Waals surface area contributed by atoms with Gasteiger partial charge in [0.15, 0.2) is 0 Å². The third kappa shape index (κ3) is 4.12. The second kappa shape index (κ2) is 8.06. The molecular formula is C18H20Cl2N2O2. The van der Waals surface area contributed by atoms with E-state index in [2.05, 4.69) is 10.2 Å². The first-order valence-corrected chi connectivity index (χ1v) is 8.88. The molecule has 1 aliphatic rings. The van der Waals surface area contributed by atoms with Gasteiger partial charge < -0.3 is 9.73 Å². The Morgan fingerprint density at radius 1 is 1.17 bits per heavy atom. The number of hydrogen-bond donors (Lipinski definition) is 1. The molecule has 1 N–H and O–H groups in total. The van der Waals surface area contributed by atoms with Crippen LogP contribution in [0.3, 0.4) is 0 Å². The van der Waals surface area contributed by atoms with Crippen molar-refractivity contribution in [3.63, 3.8) is 0 Å². The van der Waals surface area contributed by atoms with Crippen molar-refractivity contribution in [3.05, 3.63) is 58.0 Å². The van der Waals surface area contributed by atoms with Gasteiger partial charge in [-0.15, -0.1) is 0 Å². The van der Waals surface area contributed by atoms with Crippen molar-refractivity contribution >= 4 is 29.1 Å². The van der Waals surface area contributed by atoms with Gasteiger partial charge >= 0.3 is 0 Å². The van der Waals surface area contributed by atoms with Crippen molar-refractivity contribution in [2.75, 3.05) is 19.6 Å². The zero-order valence-electron chi connectivity index (χ0n) is 13.3. The van der Waals surface area contributed by atoms with E-state index in [1.54, 1.807) is 24.5 Å². The first kappa shape index (κ1) is 17.3. The average molecular weight is 367 g/mol. The first-order chi connectivity index (χ1) is 11.6. The summed E-state index contributed by atoms with van der Waals surface area (Å²) in [4.78, 5) is 14.7. The highest BCUT2D eigenvalue weighted by molar-refractivity contribution is 6.36. The largest absolute Gasteiger partial charge is 0.468 e. The molecule has 2 heterocycles. The standard InChI is InChI=1S/C18H20Cl2N2O2/c19-14-5-3-6-15(20)13(14)11-18(23)21-12-16(17-7-4-10-24-17)22-8-1-2-9-22/h3-7,10,16H,1-2,8-9,11-12H2,(H,21,23)/t16-/m1/s1. The van der Waals surface area contributed by atoms with Gasteiger partial charge in [-0.2, -0.15) is 0 Å². The molecule has 1 aliphatic heterocycles. The molecule has 24 heavy (non-hydrogen) atoms. The van der Waals surface area contributed by atoms with E-state index >= 15 is 0 Å². The number of rotatable bonds is 6. The number of furan rings is 1. The minimum atomic E-state index is -0.0965. The number of nitrogens with one attached hydrogen (secondary N) is 1. The fourth-order valence-corrected chi connectivity index (χ4v) is 3.61. The number of likely N-dealkylation sites (tertiary alicyclic amines) is 1. The van der Waals surface area contributed by atoms with Gasteiger partial charge in [0.25, 0.3) is 0 Å². The smallest absolute Gasteiger partial charge is 0.224 e. The van der Waals surface area contributed by atoms with Crippen molar-refractivity contribution in [2.24, 2.45) is 0 Å². The Balaban J connectivity index is 1.63. The average Bonchev–Trinajstić information content (AvgIpc) is 3.25. The maximum absolute atomic E-state index is 12.3. The molecule has 0 unspecified atom stereocenters. The molecule has 1 fully saturated rings. The van der Waals surface area contributed by atoms with Gasteiger partial charge in [-0.1, -0.05) is 29.3 Å². The van der Waals surface area contributed by atoms with Crippen molar-refractivity contribution in [1.82, 2.24) is 10.2 Å². The van der Waals surface area contributed by atoms with Crippen LogP contribution < -0.4 is 5.32 Å². The van der Waals surface area contributed by atoms with Crippen LogP contribution in [-0.4, -0.2) is 30.4 Å². The zero-order chi connectivity index (χ0) is 16.9. The number of hydrogen-bond acceptors (Lipinski definition) is 3. The van der Waals surface area contributed by atoms with E-state index in [1.165, 1.54) is 12.8 Å². The summed E-state index contributed by atoms with van der Waals surface area (Å²) < 4.78 is 5.56. The second-order valence-electron chi connectivity index (χ2n) is 5.96. The van der Waals surface area contributed by atoms with Gasteiger partial charge in [-0.05, 0) is 55.8 Å². The maximum atomic E-state index is 12.3. The Bertz CT molecular complexity index is 662. The van der Waals surface area contributed by atoms with E-state index in [0.29, 0.717) is 22.2 Å². The molecule has 0 bridgehead atoms. The van der Waals surface area contributed by atoms with Crippen LogP contribution in [0.15, 0.2) is 41.0 Å². The summed E-state index contributed by atoms with van der Waals surface area (Å²) in [5.41, 5.74) is 0.661. The molecule has 128 valence electrons. The number of carbonyl (C=O) groups is 1. The lowest BCUT2D eigenvalue weighted by atomic mass is 10.1. The monoisotopic (exact) mass is 366 g/mol. The van der Waals surface area contributed by atoms with Gasteiger partial charge in [0.05, 0.1) is 18.7 Å². The summed E-state index contributed by atoms with van der Waals surface area (Å²) in [5.74, 6) is 0.786. The fourth-order valence-electron chi connectivity index (χ4n) is 3.08. The fraction of sp³-hybridized carbons (Fsp3) is 0.389. The molecule has 0 aliphatic carbocycles. The highest BCUT2D eigenvalue weighted by Gasteiger charge is 2.26. The lowest BCUT2D eigenvalue weighted by Gasteiger charge is -2.26. The maximum Gasteiger partial charge on any atom is 0.224 e. The highest BCUT2D eigenvalue weighted by atomic mass is 35.5. The Hall–Kier alpha value is -1.49. The van der Waals surface area contributed by atoms with Crippen LogP contribution in [0.4, 0.5) is 0 Å². The van der Waals surface area contributed by atoms with Gasteiger partial charge in [-0.3, -0.25) is 9.69 Å².